The lowest BCUT2D eigenvalue weighted by atomic mass is 10.1. The largest absolute Gasteiger partial charge is 0.309 e. The highest BCUT2D eigenvalue weighted by Gasteiger charge is 2.17. The molecule has 0 amide bonds. The molecule has 0 unspecified atom stereocenters. The second-order valence-corrected chi connectivity index (χ2v) is 3.49. The van der Waals surface area contributed by atoms with E-state index in [-0.39, 0.29) is 10.6 Å². The number of hydrogen-bond acceptors (Lipinski definition) is 1. The van der Waals surface area contributed by atoms with E-state index >= 15 is 0 Å². The Bertz CT molecular complexity index is 401. The zero-order chi connectivity index (χ0) is 10.1. The van der Waals surface area contributed by atoms with Crippen molar-refractivity contribution in [2.24, 2.45) is 0 Å². The maximum atomic E-state index is 13.4. The van der Waals surface area contributed by atoms with Gasteiger partial charge in [0.05, 0.1) is 5.02 Å². The molecule has 0 saturated heterocycles. The Labute approximate surface area is 85.4 Å². The molecule has 0 atom stereocenters. The second-order valence-electron chi connectivity index (χ2n) is 3.08. The van der Waals surface area contributed by atoms with Crippen LogP contribution in [0.15, 0.2) is 18.2 Å². The molecule has 4 heteroatoms. The molecule has 1 aromatic carbocycles. The molecule has 0 aliphatic carbocycles. The summed E-state index contributed by atoms with van der Waals surface area (Å²) in [5.74, 6) is -1.73. The van der Waals surface area contributed by atoms with E-state index in [0.29, 0.717) is 18.7 Å². The fourth-order valence-corrected chi connectivity index (χ4v) is 1.75. The van der Waals surface area contributed by atoms with Crippen LogP contribution in [-0.4, -0.2) is 13.1 Å². The van der Waals surface area contributed by atoms with Gasteiger partial charge in [-0.15, -0.1) is 0 Å². The van der Waals surface area contributed by atoms with Gasteiger partial charge in [-0.1, -0.05) is 17.7 Å². The minimum atomic E-state index is -0.868. The zero-order valence-electron chi connectivity index (χ0n) is 7.28. The third kappa shape index (κ3) is 1.53. The van der Waals surface area contributed by atoms with E-state index < -0.39 is 11.6 Å². The first-order valence-electron chi connectivity index (χ1n) is 4.24. The number of nitrogens with one attached hydrogen (secondary N) is 1. The first-order chi connectivity index (χ1) is 6.70. The Hall–Kier alpha value is -0.930. The molecule has 2 rings (SSSR count). The van der Waals surface area contributed by atoms with Gasteiger partial charge in [0.25, 0.3) is 0 Å². The van der Waals surface area contributed by atoms with Gasteiger partial charge in [0, 0.05) is 18.7 Å². The summed E-state index contributed by atoms with van der Waals surface area (Å²) in [5, 5.41) is 3.25. The van der Waals surface area contributed by atoms with E-state index in [9.17, 15) is 8.78 Å². The molecule has 0 bridgehead atoms. The SMILES string of the molecule is Fc1ccc(Cl)c(C2=CCNC2)c1F. The molecule has 1 aliphatic heterocycles. The maximum Gasteiger partial charge on any atom is 0.167 e. The predicted molar refractivity (Wildman–Crippen MR) is 52.2 cm³/mol. The lowest BCUT2D eigenvalue weighted by Gasteiger charge is -2.06. The molecule has 1 N–H and O–H groups in total. The molecule has 0 saturated carbocycles. The molecule has 0 radical (unpaired) electrons. The van der Waals surface area contributed by atoms with Crippen LogP contribution < -0.4 is 5.32 Å². The molecule has 0 fully saturated rings. The van der Waals surface area contributed by atoms with Gasteiger partial charge in [0.1, 0.15) is 0 Å². The van der Waals surface area contributed by atoms with Crippen molar-refractivity contribution in [3.05, 3.63) is 40.4 Å². The summed E-state index contributed by atoms with van der Waals surface area (Å²) in [4.78, 5) is 0. The van der Waals surface area contributed by atoms with Crippen LogP contribution in [0.25, 0.3) is 5.57 Å². The molecule has 14 heavy (non-hydrogen) atoms. The van der Waals surface area contributed by atoms with E-state index in [0.717, 1.165) is 6.07 Å². The molecular formula is C10H8ClF2N. The molecule has 0 aromatic heterocycles. The van der Waals surface area contributed by atoms with Crippen molar-refractivity contribution < 1.29 is 8.78 Å². The average molecular weight is 216 g/mol. The fourth-order valence-electron chi connectivity index (χ4n) is 1.49. The summed E-state index contributed by atoms with van der Waals surface area (Å²) in [7, 11) is 0. The van der Waals surface area contributed by atoms with Gasteiger partial charge in [0.15, 0.2) is 11.6 Å². The highest BCUT2D eigenvalue weighted by atomic mass is 35.5. The Morgan fingerprint density at radius 2 is 2.07 bits per heavy atom. The number of rotatable bonds is 1. The van der Waals surface area contributed by atoms with Gasteiger partial charge in [-0.05, 0) is 17.7 Å². The monoisotopic (exact) mass is 215 g/mol. The topological polar surface area (TPSA) is 12.0 Å². The smallest absolute Gasteiger partial charge is 0.167 e. The summed E-state index contributed by atoms with van der Waals surface area (Å²) >= 11 is 5.81. The van der Waals surface area contributed by atoms with E-state index in [2.05, 4.69) is 5.32 Å². The van der Waals surface area contributed by atoms with Crippen LogP contribution in [0.3, 0.4) is 0 Å². The van der Waals surface area contributed by atoms with Gasteiger partial charge < -0.3 is 5.32 Å². The van der Waals surface area contributed by atoms with Gasteiger partial charge in [0.2, 0.25) is 0 Å². The highest BCUT2D eigenvalue weighted by molar-refractivity contribution is 6.32. The molecule has 1 aliphatic rings. The summed E-state index contributed by atoms with van der Waals surface area (Å²) in [6, 6.07) is 2.40. The molecule has 0 spiro atoms. The van der Waals surface area contributed by atoms with Crippen molar-refractivity contribution in [3.63, 3.8) is 0 Å². The lowest BCUT2D eigenvalue weighted by Crippen LogP contribution is -2.08. The van der Waals surface area contributed by atoms with E-state index in [1.165, 1.54) is 6.07 Å². The van der Waals surface area contributed by atoms with Crippen LogP contribution in [0, 0.1) is 11.6 Å². The molecule has 1 nitrogen and oxygen atoms in total. The van der Waals surface area contributed by atoms with Crippen LogP contribution in [-0.2, 0) is 0 Å². The predicted octanol–water partition coefficient (Wildman–Crippen LogP) is 2.60. The Morgan fingerprint density at radius 3 is 2.71 bits per heavy atom. The first kappa shape index (κ1) is 9.62. The molecule has 1 heterocycles. The summed E-state index contributed by atoms with van der Waals surface area (Å²) in [6.45, 7) is 1.20. The van der Waals surface area contributed by atoms with Crippen LogP contribution in [0.5, 0.6) is 0 Å². The minimum Gasteiger partial charge on any atom is -0.309 e. The Kier molecular flexibility index (Phi) is 2.52. The quantitative estimate of drug-likeness (QED) is 0.711. The van der Waals surface area contributed by atoms with Crippen molar-refractivity contribution in [3.8, 4) is 0 Å². The van der Waals surface area contributed by atoms with Crippen molar-refractivity contribution in [2.45, 2.75) is 0 Å². The standard InChI is InChI=1S/C10H8ClF2N/c11-7-1-2-8(12)10(13)9(7)6-3-4-14-5-6/h1-3,14H,4-5H2. The van der Waals surface area contributed by atoms with Gasteiger partial charge >= 0.3 is 0 Å². The molecular weight excluding hydrogens is 208 g/mol. The van der Waals surface area contributed by atoms with Crippen molar-refractivity contribution in [2.75, 3.05) is 13.1 Å². The van der Waals surface area contributed by atoms with E-state index in [1.54, 1.807) is 0 Å². The van der Waals surface area contributed by atoms with Gasteiger partial charge in [-0.25, -0.2) is 8.78 Å². The Morgan fingerprint density at radius 1 is 1.29 bits per heavy atom. The van der Waals surface area contributed by atoms with Crippen molar-refractivity contribution in [1.82, 2.24) is 5.32 Å². The number of halogens is 3. The van der Waals surface area contributed by atoms with Crippen LogP contribution >= 0.6 is 11.6 Å². The van der Waals surface area contributed by atoms with Gasteiger partial charge in [-0.2, -0.15) is 0 Å². The van der Waals surface area contributed by atoms with Crippen LogP contribution in [0.2, 0.25) is 5.02 Å². The van der Waals surface area contributed by atoms with E-state index in [1.807, 2.05) is 6.08 Å². The zero-order valence-corrected chi connectivity index (χ0v) is 8.04. The van der Waals surface area contributed by atoms with Crippen LogP contribution in [0.4, 0.5) is 8.78 Å². The number of benzene rings is 1. The van der Waals surface area contributed by atoms with Gasteiger partial charge in [-0.3, -0.25) is 0 Å². The second kappa shape index (κ2) is 3.67. The van der Waals surface area contributed by atoms with Crippen LogP contribution in [0.1, 0.15) is 5.56 Å². The summed E-state index contributed by atoms with van der Waals surface area (Å²) in [5.41, 5.74) is 0.892. The lowest BCUT2D eigenvalue weighted by molar-refractivity contribution is 0.506. The number of hydrogen-bond donors (Lipinski definition) is 1. The average Bonchev–Trinajstić information content (AvgIpc) is 2.65. The van der Waals surface area contributed by atoms with Crippen molar-refractivity contribution in [1.29, 1.82) is 0 Å². The third-order valence-corrected chi connectivity index (χ3v) is 2.49. The first-order valence-corrected chi connectivity index (χ1v) is 4.61. The summed E-state index contributed by atoms with van der Waals surface area (Å²) < 4.78 is 26.3. The van der Waals surface area contributed by atoms with Crippen molar-refractivity contribution >= 4 is 17.2 Å². The Balaban J connectivity index is 2.55. The fraction of sp³-hybridized carbons (Fsp3) is 0.200. The normalized spacial score (nSPS) is 15.8. The summed E-state index contributed by atoms with van der Waals surface area (Å²) in [6.07, 6.45) is 1.81. The molecule has 74 valence electrons. The van der Waals surface area contributed by atoms with E-state index in [4.69, 9.17) is 11.6 Å². The molecule has 1 aromatic rings. The third-order valence-electron chi connectivity index (χ3n) is 2.17. The minimum absolute atomic E-state index is 0.177. The highest BCUT2D eigenvalue weighted by Crippen LogP contribution is 2.29. The maximum absolute atomic E-state index is 13.4.